The van der Waals surface area contributed by atoms with Gasteiger partial charge in [0, 0.05) is 6.54 Å². The van der Waals surface area contributed by atoms with Gasteiger partial charge >= 0.3 is 0 Å². The van der Waals surface area contributed by atoms with Crippen molar-refractivity contribution in [2.24, 2.45) is 0 Å². The van der Waals surface area contributed by atoms with Crippen molar-refractivity contribution in [2.75, 3.05) is 20.2 Å². The van der Waals surface area contributed by atoms with Crippen LogP contribution in [0.5, 0.6) is 5.75 Å². The normalized spacial score (nSPS) is 11.9. The van der Waals surface area contributed by atoms with Crippen molar-refractivity contribution in [3.8, 4) is 11.8 Å². The molecule has 2 N–H and O–H groups in total. The fraction of sp³-hybridized carbons (Fsp3) is 0.364. The summed E-state index contributed by atoms with van der Waals surface area (Å²) in [6.45, 7) is 0.385. The monoisotopic (exact) mass is 223 g/mol. The summed E-state index contributed by atoms with van der Waals surface area (Å²) in [7, 11) is 1.70. The van der Waals surface area contributed by atoms with E-state index in [4.69, 9.17) is 10.00 Å². The Bertz CT molecular complexity index is 390. The minimum atomic E-state index is -0.695. The lowest BCUT2D eigenvalue weighted by Gasteiger charge is -2.12. The van der Waals surface area contributed by atoms with E-state index in [1.807, 2.05) is 0 Å². The van der Waals surface area contributed by atoms with Crippen molar-refractivity contribution in [3.63, 3.8) is 0 Å². The number of aliphatic hydroxyl groups excluding tert-OH is 1. The van der Waals surface area contributed by atoms with Crippen molar-refractivity contribution in [3.05, 3.63) is 29.6 Å². The van der Waals surface area contributed by atoms with Crippen molar-refractivity contribution in [2.45, 2.75) is 6.10 Å². The third-order valence-electron chi connectivity index (χ3n) is 1.96. The molecule has 0 spiro atoms. The van der Waals surface area contributed by atoms with Crippen LogP contribution in [-0.4, -0.2) is 31.4 Å². The van der Waals surface area contributed by atoms with Gasteiger partial charge in [-0.25, -0.2) is 4.39 Å². The maximum atomic E-state index is 13.1. The van der Waals surface area contributed by atoms with Gasteiger partial charge in [-0.15, -0.1) is 0 Å². The molecule has 0 bridgehead atoms. The number of hydrogen-bond acceptors (Lipinski definition) is 4. The fourth-order valence-corrected chi connectivity index (χ4v) is 1.21. The predicted molar refractivity (Wildman–Crippen MR) is 56.5 cm³/mol. The van der Waals surface area contributed by atoms with Crippen molar-refractivity contribution < 1.29 is 14.2 Å². The summed E-state index contributed by atoms with van der Waals surface area (Å²) in [5, 5.41) is 20.9. The van der Waals surface area contributed by atoms with E-state index in [0.717, 1.165) is 0 Å². The molecule has 16 heavy (non-hydrogen) atoms. The predicted octanol–water partition coefficient (Wildman–Crippen LogP) is 0.656. The molecule has 0 radical (unpaired) electrons. The smallest absolute Gasteiger partial charge is 0.144 e. The summed E-state index contributed by atoms with van der Waals surface area (Å²) in [6.07, 6.45) is -0.695. The van der Waals surface area contributed by atoms with Crippen LogP contribution >= 0.6 is 0 Å². The molecule has 0 fully saturated rings. The van der Waals surface area contributed by atoms with E-state index >= 15 is 0 Å². The molecule has 0 aromatic heterocycles. The number of aliphatic hydroxyl groups is 1. The summed E-state index contributed by atoms with van der Waals surface area (Å²) in [4.78, 5) is 0. The number of benzene rings is 1. The van der Waals surface area contributed by atoms with Crippen LogP contribution in [0.25, 0.3) is 0 Å². The van der Waals surface area contributed by atoms with E-state index in [-0.39, 0.29) is 17.9 Å². The Hall–Kier alpha value is -1.64. The number of likely N-dealkylation sites (N-methyl/N-ethyl adjacent to an activating group) is 1. The molecule has 0 amide bonds. The highest BCUT2D eigenvalue weighted by Gasteiger charge is 2.10. The molecule has 1 rings (SSSR count). The van der Waals surface area contributed by atoms with Gasteiger partial charge in [-0.05, 0) is 19.2 Å². The second-order valence-electron chi connectivity index (χ2n) is 3.25. The van der Waals surface area contributed by atoms with Crippen LogP contribution in [0.2, 0.25) is 0 Å². The molecule has 0 aliphatic heterocycles. The molecule has 0 saturated carbocycles. The Labute approximate surface area is 93.3 Å². The average Bonchev–Trinajstić information content (AvgIpc) is 2.27. The zero-order valence-electron chi connectivity index (χ0n) is 8.90. The molecule has 0 heterocycles. The molecule has 0 saturated heterocycles. The van der Waals surface area contributed by atoms with Crippen LogP contribution in [0, 0.1) is 17.1 Å². The van der Waals surface area contributed by atoms with Gasteiger partial charge in [-0.1, -0.05) is 6.07 Å². The van der Waals surface area contributed by atoms with E-state index in [1.165, 1.54) is 18.2 Å². The van der Waals surface area contributed by atoms with Gasteiger partial charge in [0.1, 0.15) is 35.9 Å². The van der Waals surface area contributed by atoms with Gasteiger partial charge < -0.3 is 15.2 Å². The van der Waals surface area contributed by atoms with E-state index in [2.05, 4.69) is 5.32 Å². The molecule has 1 aromatic carbocycles. The number of nitriles is 1. The van der Waals surface area contributed by atoms with Crippen LogP contribution < -0.4 is 10.1 Å². The number of ether oxygens (including phenoxy) is 1. The molecule has 0 aliphatic carbocycles. The van der Waals surface area contributed by atoms with E-state index < -0.39 is 11.9 Å². The summed E-state index contributed by atoms with van der Waals surface area (Å²) in [5.41, 5.74) is -0.140. The van der Waals surface area contributed by atoms with Crippen molar-refractivity contribution in [1.82, 2.24) is 5.32 Å². The molecule has 1 atom stereocenters. The lowest BCUT2D eigenvalue weighted by molar-refractivity contribution is 0.108. The first-order chi connectivity index (χ1) is 7.69. The van der Waals surface area contributed by atoms with Crippen LogP contribution in [0.15, 0.2) is 18.2 Å². The molecule has 4 nitrogen and oxygen atoms in total. The van der Waals surface area contributed by atoms with Crippen LogP contribution in [0.3, 0.4) is 0 Å². The number of hydrogen-bond donors (Lipinski definition) is 2. The Balaban J connectivity index is 2.67. The fourth-order valence-electron chi connectivity index (χ4n) is 1.21. The highest BCUT2D eigenvalue weighted by Crippen LogP contribution is 2.20. The minimum Gasteiger partial charge on any atom is -0.489 e. The number of nitrogens with one attached hydrogen (secondary N) is 1. The zero-order chi connectivity index (χ0) is 12.0. The van der Waals surface area contributed by atoms with Gasteiger partial charge in [0.05, 0.1) is 0 Å². The summed E-state index contributed by atoms with van der Waals surface area (Å²) in [6, 6.07) is 5.86. The first-order valence-electron chi connectivity index (χ1n) is 4.83. The highest BCUT2D eigenvalue weighted by atomic mass is 18.2. The summed E-state index contributed by atoms with van der Waals surface area (Å²) >= 11 is 0. The third kappa shape index (κ3) is 3.19. The van der Waals surface area contributed by atoms with Gasteiger partial charge in [0.2, 0.25) is 0 Å². The summed E-state index contributed by atoms with van der Waals surface area (Å²) in [5.74, 6) is -0.472. The van der Waals surface area contributed by atoms with Crippen molar-refractivity contribution in [1.29, 1.82) is 5.26 Å². The van der Waals surface area contributed by atoms with Crippen LogP contribution in [0.1, 0.15) is 5.56 Å². The maximum Gasteiger partial charge on any atom is 0.144 e. The Morgan fingerprint density at radius 1 is 1.62 bits per heavy atom. The number of nitrogens with zero attached hydrogens (tertiary/aromatic N) is 1. The largest absolute Gasteiger partial charge is 0.489 e. The van der Waals surface area contributed by atoms with Gasteiger partial charge in [0.15, 0.2) is 0 Å². The van der Waals surface area contributed by atoms with Crippen molar-refractivity contribution >= 4 is 0 Å². The number of rotatable bonds is 5. The Morgan fingerprint density at radius 2 is 2.38 bits per heavy atom. The standard InChI is InChI=1S/C11H13FN2O2/c1-14-6-8(15)7-16-11-4-2-3-10(12)9(11)5-13/h2-4,8,14-15H,6-7H2,1H3/i12-1. The topological polar surface area (TPSA) is 65.3 Å². The van der Waals surface area contributed by atoms with E-state index in [9.17, 15) is 9.50 Å². The molecule has 0 aliphatic rings. The molecule has 1 unspecified atom stereocenters. The van der Waals surface area contributed by atoms with Crippen LogP contribution in [-0.2, 0) is 0 Å². The number of halogens is 1. The second kappa shape index (κ2) is 6.05. The van der Waals surface area contributed by atoms with Gasteiger partial charge in [-0.3, -0.25) is 0 Å². The van der Waals surface area contributed by atoms with E-state index in [1.54, 1.807) is 13.1 Å². The quantitative estimate of drug-likeness (QED) is 0.769. The highest BCUT2D eigenvalue weighted by molar-refractivity contribution is 5.43. The first kappa shape index (κ1) is 12.4. The Kier molecular flexibility index (Phi) is 4.70. The zero-order valence-corrected chi connectivity index (χ0v) is 8.90. The maximum absolute atomic E-state index is 13.1. The lowest BCUT2D eigenvalue weighted by Crippen LogP contribution is -2.29. The van der Waals surface area contributed by atoms with Gasteiger partial charge in [0.25, 0.3) is 0 Å². The average molecular weight is 223 g/mol. The molecule has 5 heteroatoms. The molecular weight excluding hydrogens is 210 g/mol. The molecular formula is C11H13FN2O2. The Morgan fingerprint density at radius 3 is 3.00 bits per heavy atom. The second-order valence-corrected chi connectivity index (χ2v) is 3.25. The minimum absolute atomic E-state index is 0.0129. The first-order valence-corrected chi connectivity index (χ1v) is 4.83. The molecule has 86 valence electrons. The SMILES string of the molecule is CNCC(O)COc1cccc([18F])c1C#N. The summed E-state index contributed by atoms with van der Waals surface area (Å²) < 4.78 is 18.3. The third-order valence-corrected chi connectivity index (χ3v) is 1.96. The molecule has 1 aromatic rings. The lowest BCUT2D eigenvalue weighted by atomic mass is 10.2. The van der Waals surface area contributed by atoms with Crippen LogP contribution in [0.4, 0.5) is 4.39 Å². The van der Waals surface area contributed by atoms with Gasteiger partial charge in [-0.2, -0.15) is 5.26 Å². The van der Waals surface area contributed by atoms with E-state index in [0.29, 0.717) is 6.54 Å².